The highest BCUT2D eigenvalue weighted by molar-refractivity contribution is 9.10. The van der Waals surface area contributed by atoms with Crippen molar-refractivity contribution in [3.05, 3.63) is 52.1 Å². The van der Waals surface area contributed by atoms with E-state index in [0.717, 1.165) is 15.9 Å². The van der Waals surface area contributed by atoms with Crippen LogP contribution < -0.4 is 10.6 Å². The number of aromatic nitrogens is 1. The Morgan fingerprint density at radius 3 is 2.68 bits per heavy atom. The van der Waals surface area contributed by atoms with E-state index in [1.165, 1.54) is 0 Å². The van der Waals surface area contributed by atoms with E-state index in [1.807, 2.05) is 31.2 Å². The van der Waals surface area contributed by atoms with Gasteiger partial charge < -0.3 is 10.6 Å². The molecule has 0 aliphatic heterocycles. The van der Waals surface area contributed by atoms with Crippen LogP contribution in [0.4, 0.5) is 11.5 Å². The first-order valence-electron chi connectivity index (χ1n) is 5.82. The number of nitrogens with one attached hydrogen (secondary N) is 2. The predicted octanol–water partition coefficient (Wildman–Crippen LogP) is 3.45. The van der Waals surface area contributed by atoms with E-state index < -0.39 is 0 Å². The highest BCUT2D eigenvalue weighted by Gasteiger charge is 2.10. The van der Waals surface area contributed by atoms with Gasteiger partial charge in [0.1, 0.15) is 5.82 Å². The summed E-state index contributed by atoms with van der Waals surface area (Å²) in [7, 11) is 1.78. The lowest BCUT2D eigenvalue weighted by atomic mass is 10.2. The number of carbonyl (C=O) groups is 1. The molecule has 5 heteroatoms. The van der Waals surface area contributed by atoms with Crippen molar-refractivity contribution in [2.75, 3.05) is 17.7 Å². The Bertz CT molecular complexity index is 613. The maximum atomic E-state index is 12.2. The molecule has 98 valence electrons. The molecule has 2 rings (SSSR count). The molecule has 1 aromatic carbocycles. The fraction of sp³-hybridized carbons (Fsp3) is 0.143. The number of amides is 1. The molecule has 0 atom stereocenters. The molecule has 0 radical (unpaired) electrons. The van der Waals surface area contributed by atoms with Crippen LogP contribution in [0.5, 0.6) is 0 Å². The van der Waals surface area contributed by atoms with Crippen LogP contribution in [0.25, 0.3) is 0 Å². The van der Waals surface area contributed by atoms with Gasteiger partial charge >= 0.3 is 0 Å². The van der Waals surface area contributed by atoms with E-state index in [2.05, 4.69) is 31.5 Å². The molecule has 0 fully saturated rings. The highest BCUT2D eigenvalue weighted by atomic mass is 79.9. The van der Waals surface area contributed by atoms with E-state index in [4.69, 9.17) is 0 Å². The molecule has 4 nitrogen and oxygen atoms in total. The van der Waals surface area contributed by atoms with E-state index >= 15 is 0 Å². The average Bonchev–Trinajstić information content (AvgIpc) is 2.40. The smallest absolute Gasteiger partial charge is 0.255 e. The van der Waals surface area contributed by atoms with Gasteiger partial charge in [0, 0.05) is 22.8 Å². The molecule has 19 heavy (non-hydrogen) atoms. The summed E-state index contributed by atoms with van der Waals surface area (Å²) in [5.41, 5.74) is 2.12. The Labute approximate surface area is 120 Å². The Kier molecular flexibility index (Phi) is 4.16. The summed E-state index contributed by atoms with van der Waals surface area (Å²) in [4.78, 5) is 16.5. The minimum absolute atomic E-state index is 0.158. The number of halogens is 1. The molecule has 1 heterocycles. The van der Waals surface area contributed by atoms with Gasteiger partial charge in [0.15, 0.2) is 0 Å². The molecule has 0 bridgehead atoms. The van der Waals surface area contributed by atoms with E-state index in [9.17, 15) is 4.79 Å². The van der Waals surface area contributed by atoms with Gasteiger partial charge in [-0.1, -0.05) is 12.1 Å². The first kappa shape index (κ1) is 13.5. The first-order chi connectivity index (χ1) is 9.10. The summed E-state index contributed by atoms with van der Waals surface area (Å²) in [6.45, 7) is 1.86. The zero-order chi connectivity index (χ0) is 13.8. The summed E-state index contributed by atoms with van der Waals surface area (Å²) < 4.78 is 0.850. The number of anilines is 2. The van der Waals surface area contributed by atoms with Crippen molar-refractivity contribution in [3.8, 4) is 0 Å². The van der Waals surface area contributed by atoms with Gasteiger partial charge in [-0.3, -0.25) is 4.79 Å². The monoisotopic (exact) mass is 319 g/mol. The third kappa shape index (κ3) is 3.32. The summed E-state index contributed by atoms with van der Waals surface area (Å²) in [5.74, 6) is 0.520. The predicted molar refractivity (Wildman–Crippen MR) is 80.6 cm³/mol. The molecule has 1 aromatic heterocycles. The Morgan fingerprint density at radius 1 is 1.26 bits per heavy atom. The lowest BCUT2D eigenvalue weighted by molar-refractivity contribution is 0.102. The number of hydrogen-bond acceptors (Lipinski definition) is 3. The second-order valence-electron chi connectivity index (χ2n) is 4.07. The van der Waals surface area contributed by atoms with Crippen molar-refractivity contribution in [2.45, 2.75) is 6.92 Å². The van der Waals surface area contributed by atoms with Gasteiger partial charge in [-0.05, 0) is 47.1 Å². The lowest BCUT2D eigenvalue weighted by Crippen LogP contribution is -2.13. The Morgan fingerprint density at radius 2 is 2.00 bits per heavy atom. The van der Waals surface area contributed by atoms with Crippen LogP contribution in [-0.2, 0) is 0 Å². The molecular formula is C14H14BrN3O. The molecular weight excluding hydrogens is 306 g/mol. The molecule has 0 spiro atoms. The van der Waals surface area contributed by atoms with Crippen LogP contribution in [0, 0.1) is 6.92 Å². The highest BCUT2D eigenvalue weighted by Crippen LogP contribution is 2.22. The minimum Gasteiger partial charge on any atom is -0.373 e. The molecule has 2 N–H and O–H groups in total. The standard InChI is InChI=1S/C14H14BrN3O/c1-9-7-10(8-13(16-2)17-9)14(19)18-12-6-4-3-5-11(12)15/h3-8H,1-2H3,(H,16,17)(H,18,19). The number of rotatable bonds is 3. The Balaban J connectivity index is 2.25. The summed E-state index contributed by atoms with van der Waals surface area (Å²) in [6.07, 6.45) is 0. The van der Waals surface area contributed by atoms with Crippen molar-refractivity contribution in [2.24, 2.45) is 0 Å². The topological polar surface area (TPSA) is 54.0 Å². The fourth-order valence-electron chi connectivity index (χ4n) is 1.68. The summed E-state index contributed by atoms with van der Waals surface area (Å²) in [6, 6.07) is 11.0. The van der Waals surface area contributed by atoms with E-state index in [-0.39, 0.29) is 5.91 Å². The van der Waals surface area contributed by atoms with Gasteiger partial charge in [0.25, 0.3) is 5.91 Å². The normalized spacial score (nSPS) is 10.1. The molecule has 0 aliphatic rings. The maximum Gasteiger partial charge on any atom is 0.255 e. The second-order valence-corrected chi connectivity index (χ2v) is 4.92. The Hall–Kier alpha value is -1.88. The van der Waals surface area contributed by atoms with Crippen molar-refractivity contribution in [1.82, 2.24) is 4.98 Å². The van der Waals surface area contributed by atoms with E-state index in [1.54, 1.807) is 19.2 Å². The fourth-order valence-corrected chi connectivity index (χ4v) is 2.07. The number of pyridine rings is 1. The number of carbonyl (C=O) groups excluding carboxylic acids is 1. The van der Waals surface area contributed by atoms with Gasteiger partial charge in [-0.2, -0.15) is 0 Å². The molecule has 1 amide bonds. The molecule has 0 saturated carbocycles. The number of nitrogens with zero attached hydrogens (tertiary/aromatic N) is 1. The van der Waals surface area contributed by atoms with Gasteiger partial charge in [-0.25, -0.2) is 4.98 Å². The third-order valence-electron chi connectivity index (χ3n) is 2.59. The number of aryl methyl sites for hydroxylation is 1. The van der Waals surface area contributed by atoms with Crippen molar-refractivity contribution >= 4 is 33.3 Å². The number of para-hydroxylation sites is 1. The van der Waals surface area contributed by atoms with Crippen LogP contribution in [0.2, 0.25) is 0 Å². The summed E-state index contributed by atoms with van der Waals surface area (Å²) >= 11 is 3.40. The lowest BCUT2D eigenvalue weighted by Gasteiger charge is -2.09. The molecule has 2 aromatic rings. The van der Waals surface area contributed by atoms with Crippen LogP contribution >= 0.6 is 15.9 Å². The van der Waals surface area contributed by atoms with Crippen molar-refractivity contribution < 1.29 is 4.79 Å². The van der Waals surface area contributed by atoms with Crippen LogP contribution in [0.1, 0.15) is 16.1 Å². The average molecular weight is 320 g/mol. The number of hydrogen-bond donors (Lipinski definition) is 2. The third-order valence-corrected chi connectivity index (χ3v) is 3.29. The molecule has 0 aliphatic carbocycles. The van der Waals surface area contributed by atoms with Crippen molar-refractivity contribution in [3.63, 3.8) is 0 Å². The SMILES string of the molecule is CNc1cc(C(=O)Nc2ccccc2Br)cc(C)n1. The molecule has 0 saturated heterocycles. The first-order valence-corrected chi connectivity index (χ1v) is 6.62. The number of benzene rings is 1. The summed E-state index contributed by atoms with van der Waals surface area (Å²) in [5, 5.41) is 5.80. The zero-order valence-electron chi connectivity index (χ0n) is 10.7. The minimum atomic E-state index is -0.158. The van der Waals surface area contributed by atoms with Gasteiger partial charge in [0.2, 0.25) is 0 Å². The second kappa shape index (κ2) is 5.84. The van der Waals surface area contributed by atoms with E-state index in [0.29, 0.717) is 11.4 Å². The van der Waals surface area contributed by atoms with Gasteiger partial charge in [-0.15, -0.1) is 0 Å². The van der Waals surface area contributed by atoms with Crippen LogP contribution in [0.3, 0.4) is 0 Å². The maximum absolute atomic E-state index is 12.2. The van der Waals surface area contributed by atoms with Crippen LogP contribution in [-0.4, -0.2) is 17.9 Å². The molecule has 0 unspecified atom stereocenters. The van der Waals surface area contributed by atoms with Crippen LogP contribution in [0.15, 0.2) is 40.9 Å². The quantitative estimate of drug-likeness (QED) is 0.911. The van der Waals surface area contributed by atoms with Crippen molar-refractivity contribution in [1.29, 1.82) is 0 Å². The van der Waals surface area contributed by atoms with Gasteiger partial charge in [0.05, 0.1) is 5.69 Å². The zero-order valence-corrected chi connectivity index (χ0v) is 12.3. The largest absolute Gasteiger partial charge is 0.373 e.